The SMILES string of the molecule is CC/C=C/C=C/C=C/C=C/CCCCCCCC(=O)O[C@H](COC(=O)CCC/C=C/C/C=C/C/C=C/CCCCCCCC)COP(=O)(O)OC[C@@H](O)CO. The molecule has 11 heteroatoms. The van der Waals surface area contributed by atoms with E-state index >= 15 is 0 Å². The third-order valence-corrected chi connectivity index (χ3v) is 9.08. The highest BCUT2D eigenvalue weighted by molar-refractivity contribution is 7.47. The van der Waals surface area contributed by atoms with Gasteiger partial charge >= 0.3 is 19.8 Å². The second kappa shape index (κ2) is 39.4. The van der Waals surface area contributed by atoms with Crippen LogP contribution in [0.2, 0.25) is 0 Å². The van der Waals surface area contributed by atoms with Crippen LogP contribution in [-0.4, -0.2) is 65.7 Å². The molecule has 0 saturated carbocycles. The quantitative estimate of drug-likeness (QED) is 0.0182. The summed E-state index contributed by atoms with van der Waals surface area (Å²) in [7, 11) is -4.64. The third kappa shape index (κ3) is 39.2. The molecule has 1 unspecified atom stereocenters. The van der Waals surface area contributed by atoms with E-state index < -0.39 is 51.8 Å². The van der Waals surface area contributed by atoms with Crippen molar-refractivity contribution in [1.82, 2.24) is 0 Å². The fourth-order valence-electron chi connectivity index (χ4n) is 4.96. The minimum atomic E-state index is -4.64. The first-order valence-corrected chi connectivity index (χ1v) is 22.1. The summed E-state index contributed by atoms with van der Waals surface area (Å²) in [6.45, 7) is 2.12. The van der Waals surface area contributed by atoms with Crippen LogP contribution in [-0.2, 0) is 32.7 Å². The molecule has 0 spiro atoms. The molecule has 0 radical (unpaired) electrons. The number of unbranched alkanes of at least 4 members (excludes halogenated alkanes) is 12. The lowest BCUT2D eigenvalue weighted by molar-refractivity contribution is -0.161. The highest BCUT2D eigenvalue weighted by atomic mass is 31.2. The summed E-state index contributed by atoms with van der Waals surface area (Å²) < 4.78 is 32.6. The van der Waals surface area contributed by atoms with Crippen molar-refractivity contribution in [2.45, 2.75) is 154 Å². The van der Waals surface area contributed by atoms with Crippen LogP contribution >= 0.6 is 7.82 Å². The van der Waals surface area contributed by atoms with E-state index in [-0.39, 0.29) is 19.4 Å². The first-order chi connectivity index (χ1) is 26.7. The zero-order valence-corrected chi connectivity index (χ0v) is 34.7. The highest BCUT2D eigenvalue weighted by Gasteiger charge is 2.27. The van der Waals surface area contributed by atoms with Gasteiger partial charge in [-0.3, -0.25) is 18.6 Å². The Hall–Kier alpha value is -2.85. The first-order valence-electron chi connectivity index (χ1n) is 20.6. The fourth-order valence-corrected chi connectivity index (χ4v) is 5.75. The van der Waals surface area contributed by atoms with E-state index in [2.05, 4.69) is 60.9 Å². The van der Waals surface area contributed by atoms with E-state index in [1.165, 1.54) is 38.5 Å². The summed E-state index contributed by atoms with van der Waals surface area (Å²) in [6.07, 6.45) is 45.6. The number of phosphoric ester groups is 1. The summed E-state index contributed by atoms with van der Waals surface area (Å²) in [5, 5.41) is 18.3. The van der Waals surface area contributed by atoms with Crippen molar-refractivity contribution < 1.29 is 47.8 Å². The van der Waals surface area contributed by atoms with E-state index in [9.17, 15) is 24.2 Å². The van der Waals surface area contributed by atoms with Crippen LogP contribution in [0.25, 0.3) is 0 Å². The van der Waals surface area contributed by atoms with E-state index in [4.69, 9.17) is 19.1 Å². The van der Waals surface area contributed by atoms with Gasteiger partial charge in [-0.05, 0) is 64.2 Å². The predicted molar refractivity (Wildman–Crippen MR) is 223 cm³/mol. The van der Waals surface area contributed by atoms with Crippen molar-refractivity contribution in [3.05, 3.63) is 85.1 Å². The zero-order valence-electron chi connectivity index (χ0n) is 33.9. The smallest absolute Gasteiger partial charge is 0.462 e. The number of allylic oxidation sites excluding steroid dienone is 14. The second-order valence-electron chi connectivity index (χ2n) is 13.4. The molecule has 0 aromatic rings. The molecule has 0 rings (SSSR count). The van der Waals surface area contributed by atoms with Crippen LogP contribution < -0.4 is 0 Å². The van der Waals surface area contributed by atoms with Crippen molar-refractivity contribution in [1.29, 1.82) is 0 Å². The zero-order chi connectivity index (χ0) is 40.5. The van der Waals surface area contributed by atoms with E-state index in [1.807, 2.05) is 42.5 Å². The topological polar surface area (TPSA) is 149 Å². The minimum Gasteiger partial charge on any atom is -0.462 e. The Kier molecular flexibility index (Phi) is 37.3. The van der Waals surface area contributed by atoms with Crippen molar-refractivity contribution in [3.8, 4) is 0 Å². The summed E-state index contributed by atoms with van der Waals surface area (Å²) >= 11 is 0. The Balaban J connectivity index is 4.47. The molecule has 0 aliphatic rings. The Labute approximate surface area is 332 Å². The lowest BCUT2D eigenvalue weighted by atomic mass is 10.1. The average Bonchev–Trinajstić information content (AvgIpc) is 3.17. The number of carbonyl (C=O) groups is 2. The van der Waals surface area contributed by atoms with Gasteiger partial charge < -0.3 is 24.6 Å². The Bertz CT molecular complexity index is 1190. The molecule has 0 bridgehead atoms. The van der Waals surface area contributed by atoms with Crippen LogP contribution in [0.3, 0.4) is 0 Å². The highest BCUT2D eigenvalue weighted by Crippen LogP contribution is 2.43. The predicted octanol–water partition coefficient (Wildman–Crippen LogP) is 10.7. The maximum Gasteiger partial charge on any atom is 0.472 e. The third-order valence-electron chi connectivity index (χ3n) is 8.13. The fraction of sp³-hybridized carbons (Fsp3) is 0.636. The number of hydrogen-bond donors (Lipinski definition) is 3. The van der Waals surface area contributed by atoms with Crippen LogP contribution in [0, 0.1) is 0 Å². The molecule has 0 aromatic carbocycles. The standard InChI is InChI=1S/C44H73O10P/c1-3-5-7-9-11-13-15-17-19-20-22-23-25-27-29-31-33-35-43(47)51-39-42(40-53-55(49,50)52-38-41(46)37-45)54-44(48)36-34-32-30-28-26-24-21-18-16-14-12-10-8-6-4-2/h6,8,10,12,14,16-19,21-23,27,29,41-42,45-46H,3-5,7,9,11,13,15,20,24-26,28,30-40H2,1-2H3,(H,49,50)/b8-6+,12-10+,16-14+,19-17+,21-18+,23-22+,29-27+/t41-,42+/m0/s1. The van der Waals surface area contributed by atoms with Gasteiger partial charge in [0.1, 0.15) is 12.7 Å². The van der Waals surface area contributed by atoms with Crippen LogP contribution in [0.15, 0.2) is 85.1 Å². The first kappa shape index (κ1) is 52.2. The number of carbonyl (C=O) groups excluding carboxylic acids is 2. The van der Waals surface area contributed by atoms with Crippen LogP contribution in [0.5, 0.6) is 0 Å². The average molecular weight is 793 g/mol. The van der Waals surface area contributed by atoms with Gasteiger partial charge in [0.25, 0.3) is 0 Å². The molecule has 3 atom stereocenters. The molecule has 0 aliphatic heterocycles. The Morgan fingerprint density at radius 1 is 0.582 bits per heavy atom. The molecule has 0 aliphatic carbocycles. The molecular weight excluding hydrogens is 719 g/mol. The molecule has 314 valence electrons. The van der Waals surface area contributed by atoms with Crippen LogP contribution in [0.4, 0.5) is 0 Å². The maximum atomic E-state index is 12.6. The maximum absolute atomic E-state index is 12.6. The number of phosphoric acid groups is 1. The number of hydrogen-bond acceptors (Lipinski definition) is 9. The second-order valence-corrected chi connectivity index (χ2v) is 14.8. The van der Waals surface area contributed by atoms with Crippen molar-refractivity contribution in [2.75, 3.05) is 26.4 Å². The monoisotopic (exact) mass is 792 g/mol. The number of aliphatic hydroxyl groups is 2. The molecule has 0 saturated heterocycles. The van der Waals surface area contributed by atoms with Gasteiger partial charge in [0.05, 0.1) is 19.8 Å². The Morgan fingerprint density at radius 2 is 1.09 bits per heavy atom. The molecule has 10 nitrogen and oxygen atoms in total. The van der Waals surface area contributed by atoms with Gasteiger partial charge in [-0.25, -0.2) is 4.57 Å². The molecular formula is C44H73O10P. The van der Waals surface area contributed by atoms with E-state index in [0.29, 0.717) is 19.3 Å². The lowest BCUT2D eigenvalue weighted by Crippen LogP contribution is -2.29. The number of esters is 2. The summed E-state index contributed by atoms with van der Waals surface area (Å²) in [4.78, 5) is 34.9. The lowest BCUT2D eigenvalue weighted by Gasteiger charge is -2.20. The van der Waals surface area contributed by atoms with Crippen molar-refractivity contribution in [3.63, 3.8) is 0 Å². The van der Waals surface area contributed by atoms with E-state index in [1.54, 1.807) is 0 Å². The van der Waals surface area contributed by atoms with Gasteiger partial charge in [-0.1, -0.05) is 150 Å². The molecule has 0 fully saturated rings. The molecule has 3 N–H and O–H groups in total. The molecule has 0 heterocycles. The number of aliphatic hydroxyl groups excluding tert-OH is 2. The molecule has 55 heavy (non-hydrogen) atoms. The van der Waals surface area contributed by atoms with Gasteiger partial charge in [-0.2, -0.15) is 0 Å². The van der Waals surface area contributed by atoms with Crippen molar-refractivity contribution >= 4 is 19.8 Å². The largest absolute Gasteiger partial charge is 0.472 e. The molecule has 0 amide bonds. The molecule has 0 aromatic heterocycles. The van der Waals surface area contributed by atoms with Gasteiger partial charge in [0, 0.05) is 12.8 Å². The minimum absolute atomic E-state index is 0.142. The normalized spacial score (nSPS) is 14.8. The van der Waals surface area contributed by atoms with Crippen molar-refractivity contribution in [2.24, 2.45) is 0 Å². The van der Waals surface area contributed by atoms with Gasteiger partial charge in [0.15, 0.2) is 6.10 Å². The summed E-state index contributed by atoms with van der Waals surface area (Å²) in [6, 6.07) is 0. The van der Waals surface area contributed by atoms with Crippen LogP contribution in [0.1, 0.15) is 142 Å². The number of ether oxygens (including phenoxy) is 2. The van der Waals surface area contributed by atoms with Gasteiger partial charge in [0.2, 0.25) is 0 Å². The number of rotatable bonds is 37. The van der Waals surface area contributed by atoms with E-state index in [0.717, 1.165) is 57.8 Å². The summed E-state index contributed by atoms with van der Waals surface area (Å²) in [5.41, 5.74) is 0. The van der Waals surface area contributed by atoms with Gasteiger partial charge in [-0.15, -0.1) is 0 Å². The Morgan fingerprint density at radius 3 is 1.73 bits per heavy atom. The summed E-state index contributed by atoms with van der Waals surface area (Å²) in [5.74, 6) is -1.02.